The number of nitrogens with one attached hydrogen (secondary N) is 1. The Labute approximate surface area is 132 Å². The summed E-state index contributed by atoms with van der Waals surface area (Å²) in [6, 6.07) is 0.0594. The van der Waals surface area contributed by atoms with Gasteiger partial charge in [-0.1, -0.05) is 32.1 Å². The molecule has 0 saturated carbocycles. The first-order valence-corrected chi connectivity index (χ1v) is 8.06. The Kier molecular flexibility index (Phi) is 4.83. The number of rotatable bonds is 2. The van der Waals surface area contributed by atoms with Gasteiger partial charge in [-0.3, -0.25) is 9.59 Å². The molecule has 0 atom stereocenters. The maximum atomic E-state index is 12.2. The van der Waals surface area contributed by atoms with Crippen LogP contribution in [0.2, 0.25) is 4.47 Å². The van der Waals surface area contributed by atoms with Gasteiger partial charge in [-0.05, 0) is 24.4 Å². The second-order valence-corrected chi connectivity index (χ2v) is 7.71. The number of hydrogen-bond acceptors (Lipinski definition) is 5. The van der Waals surface area contributed by atoms with Crippen LogP contribution in [0.15, 0.2) is 0 Å². The van der Waals surface area contributed by atoms with Gasteiger partial charge >= 0.3 is 0 Å². The topological polar surface area (TPSA) is 75.2 Å². The Morgan fingerprint density at radius 3 is 2.38 bits per heavy atom. The molecular weight excluding hydrogens is 312 g/mol. The molecule has 1 aliphatic heterocycles. The summed E-state index contributed by atoms with van der Waals surface area (Å²) >= 11 is 6.72. The lowest BCUT2D eigenvalue weighted by molar-refractivity contribution is -0.140. The molecule has 6 nitrogen and oxygen atoms in total. The third kappa shape index (κ3) is 4.14. The van der Waals surface area contributed by atoms with E-state index in [0.717, 1.165) is 24.2 Å². The first-order chi connectivity index (χ1) is 9.77. The zero-order valence-corrected chi connectivity index (χ0v) is 13.9. The van der Waals surface area contributed by atoms with Crippen LogP contribution in [0.1, 0.15) is 43.4 Å². The summed E-state index contributed by atoms with van der Waals surface area (Å²) in [6.07, 6.45) is 1.50. The fourth-order valence-electron chi connectivity index (χ4n) is 2.25. The molecule has 1 aromatic rings. The van der Waals surface area contributed by atoms with E-state index in [4.69, 9.17) is 11.6 Å². The lowest BCUT2D eigenvalue weighted by atomic mass is 9.93. The van der Waals surface area contributed by atoms with E-state index in [2.05, 4.69) is 15.5 Å². The molecule has 1 N–H and O–H groups in total. The summed E-state index contributed by atoms with van der Waals surface area (Å²) < 4.78 is 0.255. The van der Waals surface area contributed by atoms with Gasteiger partial charge in [-0.15, -0.1) is 10.2 Å². The van der Waals surface area contributed by atoms with E-state index in [-0.39, 0.29) is 32.7 Å². The Morgan fingerprint density at radius 2 is 1.90 bits per heavy atom. The molecule has 8 heteroatoms. The van der Waals surface area contributed by atoms with Crippen LogP contribution >= 0.6 is 22.9 Å². The van der Waals surface area contributed by atoms with Gasteiger partial charge in [0.2, 0.25) is 15.4 Å². The van der Waals surface area contributed by atoms with E-state index in [1.165, 1.54) is 0 Å². The Balaban J connectivity index is 1.84. The minimum Gasteiger partial charge on any atom is -0.347 e. The normalized spacial score (nSPS) is 16.9. The highest BCUT2D eigenvalue weighted by Gasteiger charge is 2.31. The van der Waals surface area contributed by atoms with E-state index in [0.29, 0.717) is 13.1 Å². The number of halogens is 1. The second kappa shape index (κ2) is 6.27. The number of likely N-dealkylation sites (tertiary alicyclic amines) is 1. The first kappa shape index (κ1) is 16.2. The smallest absolute Gasteiger partial charge is 0.282 e. The molecule has 0 unspecified atom stereocenters. The van der Waals surface area contributed by atoms with Crippen molar-refractivity contribution in [3.05, 3.63) is 9.47 Å². The molecule has 1 saturated heterocycles. The average Bonchev–Trinajstić information content (AvgIpc) is 2.84. The standard InChI is InChI=1S/C13H19ClN4O2S/c1-13(2,3)11(20)18-6-4-8(5-7-18)15-9(19)10-16-17-12(14)21-10/h8H,4-7H2,1-3H3,(H,15,19). The Morgan fingerprint density at radius 1 is 1.29 bits per heavy atom. The Bertz CT molecular complexity index is 533. The van der Waals surface area contributed by atoms with Crippen LogP contribution in [-0.2, 0) is 4.79 Å². The second-order valence-electron chi connectivity index (χ2n) is 6.15. The summed E-state index contributed by atoms with van der Waals surface area (Å²) in [6.45, 7) is 7.09. The molecule has 0 bridgehead atoms. The van der Waals surface area contributed by atoms with Crippen LogP contribution in [0.3, 0.4) is 0 Å². The fraction of sp³-hybridized carbons (Fsp3) is 0.692. The van der Waals surface area contributed by atoms with Gasteiger partial charge in [0, 0.05) is 24.5 Å². The predicted molar refractivity (Wildman–Crippen MR) is 81.4 cm³/mol. The van der Waals surface area contributed by atoms with Crippen molar-refractivity contribution < 1.29 is 9.59 Å². The van der Waals surface area contributed by atoms with Crippen molar-refractivity contribution in [2.45, 2.75) is 39.7 Å². The molecule has 0 aromatic carbocycles. The zero-order chi connectivity index (χ0) is 15.6. The van der Waals surface area contributed by atoms with Crippen molar-refractivity contribution in [1.29, 1.82) is 0 Å². The van der Waals surface area contributed by atoms with E-state index >= 15 is 0 Å². The van der Waals surface area contributed by atoms with E-state index in [1.54, 1.807) is 0 Å². The quantitative estimate of drug-likeness (QED) is 0.899. The maximum Gasteiger partial charge on any atom is 0.282 e. The van der Waals surface area contributed by atoms with Crippen molar-refractivity contribution in [2.24, 2.45) is 5.41 Å². The molecule has 1 aromatic heterocycles. The third-order valence-corrected chi connectivity index (χ3v) is 4.37. The Hall–Kier alpha value is -1.21. The summed E-state index contributed by atoms with van der Waals surface area (Å²) in [5, 5.41) is 10.5. The monoisotopic (exact) mass is 330 g/mol. The van der Waals surface area contributed by atoms with Gasteiger partial charge in [0.15, 0.2) is 0 Å². The van der Waals surface area contributed by atoms with E-state index in [9.17, 15) is 9.59 Å². The number of amides is 2. The zero-order valence-electron chi connectivity index (χ0n) is 12.4. The average molecular weight is 331 g/mol. The molecule has 2 heterocycles. The molecule has 2 amide bonds. The van der Waals surface area contributed by atoms with Crippen LogP contribution in [0.5, 0.6) is 0 Å². The maximum absolute atomic E-state index is 12.2. The number of piperidine rings is 1. The molecular formula is C13H19ClN4O2S. The summed E-state index contributed by atoms with van der Waals surface area (Å²) in [5.41, 5.74) is -0.362. The summed E-state index contributed by atoms with van der Waals surface area (Å²) in [5.74, 6) is -0.0943. The molecule has 116 valence electrons. The highest BCUT2D eigenvalue weighted by Crippen LogP contribution is 2.21. The van der Waals surface area contributed by atoms with Gasteiger partial charge in [0.25, 0.3) is 5.91 Å². The van der Waals surface area contributed by atoms with Gasteiger partial charge in [-0.2, -0.15) is 0 Å². The van der Waals surface area contributed by atoms with Gasteiger partial charge < -0.3 is 10.2 Å². The first-order valence-electron chi connectivity index (χ1n) is 6.86. The van der Waals surface area contributed by atoms with Crippen LogP contribution in [0, 0.1) is 5.41 Å². The molecule has 2 rings (SSSR count). The van der Waals surface area contributed by atoms with Crippen molar-refractivity contribution in [3.8, 4) is 0 Å². The number of hydrogen-bond donors (Lipinski definition) is 1. The lowest BCUT2D eigenvalue weighted by Gasteiger charge is -2.35. The minimum atomic E-state index is -0.362. The van der Waals surface area contributed by atoms with Crippen molar-refractivity contribution >= 4 is 34.8 Å². The fourth-order valence-corrected chi connectivity index (χ4v) is 2.98. The number of carbonyl (C=O) groups excluding carboxylic acids is 2. The van der Waals surface area contributed by atoms with Crippen molar-refractivity contribution in [1.82, 2.24) is 20.4 Å². The lowest BCUT2D eigenvalue weighted by Crippen LogP contribution is -2.49. The van der Waals surface area contributed by atoms with Gasteiger partial charge in [0.05, 0.1) is 0 Å². The molecule has 1 aliphatic rings. The third-order valence-electron chi connectivity index (χ3n) is 3.35. The predicted octanol–water partition coefficient (Wildman–Crippen LogP) is 1.96. The molecule has 0 radical (unpaired) electrons. The van der Waals surface area contributed by atoms with E-state index < -0.39 is 0 Å². The van der Waals surface area contributed by atoms with Crippen molar-refractivity contribution in [2.75, 3.05) is 13.1 Å². The molecule has 0 aliphatic carbocycles. The molecule has 0 spiro atoms. The summed E-state index contributed by atoms with van der Waals surface area (Å²) in [7, 11) is 0. The highest BCUT2D eigenvalue weighted by molar-refractivity contribution is 7.17. The number of nitrogens with zero attached hydrogens (tertiary/aromatic N) is 3. The molecule has 21 heavy (non-hydrogen) atoms. The van der Waals surface area contributed by atoms with E-state index in [1.807, 2.05) is 25.7 Å². The number of carbonyl (C=O) groups is 2. The van der Waals surface area contributed by atoms with Crippen LogP contribution < -0.4 is 5.32 Å². The molecule has 1 fully saturated rings. The highest BCUT2D eigenvalue weighted by atomic mass is 35.5. The SMILES string of the molecule is CC(C)(C)C(=O)N1CCC(NC(=O)c2nnc(Cl)s2)CC1. The van der Waals surface area contributed by atoms with Crippen LogP contribution in [0.4, 0.5) is 0 Å². The largest absolute Gasteiger partial charge is 0.347 e. The number of aromatic nitrogens is 2. The van der Waals surface area contributed by atoms with Gasteiger partial charge in [-0.25, -0.2) is 0 Å². The van der Waals surface area contributed by atoms with Crippen molar-refractivity contribution in [3.63, 3.8) is 0 Å². The van der Waals surface area contributed by atoms with Crippen LogP contribution in [-0.4, -0.2) is 46.0 Å². The summed E-state index contributed by atoms with van der Waals surface area (Å²) in [4.78, 5) is 26.0. The van der Waals surface area contributed by atoms with Gasteiger partial charge in [0.1, 0.15) is 0 Å². The van der Waals surface area contributed by atoms with Crippen LogP contribution in [0.25, 0.3) is 0 Å². The minimum absolute atomic E-state index is 0.0594.